The van der Waals surface area contributed by atoms with Crippen LogP contribution in [0.4, 0.5) is 9.18 Å². The average molecular weight is 304 g/mol. The van der Waals surface area contributed by atoms with Crippen LogP contribution in [0.25, 0.3) is 0 Å². The van der Waals surface area contributed by atoms with Crippen molar-refractivity contribution in [2.45, 2.75) is 32.4 Å². The van der Waals surface area contributed by atoms with Crippen molar-refractivity contribution < 1.29 is 13.6 Å². The summed E-state index contributed by atoms with van der Waals surface area (Å²) in [5.41, 5.74) is 0.765. The Kier molecular flexibility index (Phi) is 5.58. The van der Waals surface area contributed by atoms with Gasteiger partial charge in [-0.3, -0.25) is 0 Å². The second kappa shape index (κ2) is 7.64. The van der Waals surface area contributed by atoms with Crippen LogP contribution >= 0.6 is 0 Å². The van der Waals surface area contributed by atoms with Crippen LogP contribution in [-0.4, -0.2) is 24.0 Å². The number of nitrogens with zero attached hydrogens (tertiary/aromatic N) is 1. The van der Waals surface area contributed by atoms with E-state index in [4.69, 9.17) is 4.42 Å². The van der Waals surface area contributed by atoms with Gasteiger partial charge < -0.3 is 14.6 Å². The summed E-state index contributed by atoms with van der Waals surface area (Å²) < 4.78 is 18.4. The van der Waals surface area contributed by atoms with E-state index in [1.165, 1.54) is 17.0 Å². The zero-order valence-corrected chi connectivity index (χ0v) is 12.9. The predicted molar refractivity (Wildman–Crippen MR) is 82.9 cm³/mol. The maximum atomic E-state index is 13.1. The van der Waals surface area contributed by atoms with E-state index >= 15 is 0 Å². The number of carbonyl (C=O) groups is 1. The van der Waals surface area contributed by atoms with Gasteiger partial charge in [0.05, 0.1) is 6.26 Å². The topological polar surface area (TPSA) is 45.5 Å². The standard InChI is InChI=1S/C17H21FN2O2/c1-13(8-9-16-7-4-10-22-16)19-17(21)20(2)12-14-5-3-6-15(18)11-14/h3-7,10-11,13H,8-9,12H2,1-2H3,(H,19,21)/t13-/m0/s1. The molecular formula is C17H21FN2O2. The lowest BCUT2D eigenvalue weighted by atomic mass is 10.1. The zero-order valence-electron chi connectivity index (χ0n) is 12.9. The van der Waals surface area contributed by atoms with Crippen LogP contribution in [0, 0.1) is 5.82 Å². The van der Waals surface area contributed by atoms with Gasteiger partial charge in [0.15, 0.2) is 0 Å². The summed E-state index contributed by atoms with van der Waals surface area (Å²) in [6.07, 6.45) is 3.22. The quantitative estimate of drug-likeness (QED) is 0.886. The lowest BCUT2D eigenvalue weighted by Gasteiger charge is -2.21. The second-order valence-corrected chi connectivity index (χ2v) is 5.45. The minimum atomic E-state index is -0.293. The summed E-state index contributed by atoms with van der Waals surface area (Å²) in [6.45, 7) is 2.32. The van der Waals surface area contributed by atoms with Crippen LogP contribution in [0.2, 0.25) is 0 Å². The summed E-state index contributed by atoms with van der Waals surface area (Å²) in [7, 11) is 1.69. The molecule has 2 rings (SSSR count). The molecule has 1 aromatic heterocycles. The van der Waals surface area contributed by atoms with Crippen molar-refractivity contribution in [1.29, 1.82) is 0 Å². The summed E-state index contributed by atoms with van der Waals surface area (Å²) in [4.78, 5) is 13.6. The molecule has 0 aliphatic rings. The van der Waals surface area contributed by atoms with Crippen molar-refractivity contribution in [3.05, 3.63) is 59.8 Å². The van der Waals surface area contributed by atoms with Crippen LogP contribution in [0.15, 0.2) is 47.1 Å². The Labute approximate surface area is 129 Å². The van der Waals surface area contributed by atoms with Gasteiger partial charge in [0, 0.05) is 26.1 Å². The number of carbonyl (C=O) groups excluding carboxylic acids is 1. The minimum Gasteiger partial charge on any atom is -0.469 e. The van der Waals surface area contributed by atoms with Crippen molar-refractivity contribution in [2.24, 2.45) is 0 Å². The SMILES string of the molecule is C[C@@H](CCc1ccco1)NC(=O)N(C)Cc1cccc(F)c1. The normalized spacial score (nSPS) is 12.0. The monoisotopic (exact) mass is 304 g/mol. The number of halogens is 1. The fraction of sp³-hybridized carbons (Fsp3) is 0.353. The molecule has 0 radical (unpaired) electrons. The third-order valence-corrected chi connectivity index (χ3v) is 3.43. The molecule has 1 N–H and O–H groups in total. The molecule has 0 spiro atoms. The van der Waals surface area contributed by atoms with Crippen molar-refractivity contribution in [2.75, 3.05) is 7.05 Å². The number of nitrogens with one attached hydrogen (secondary N) is 1. The van der Waals surface area contributed by atoms with Crippen molar-refractivity contribution in [3.8, 4) is 0 Å². The molecule has 1 aromatic carbocycles. The molecule has 0 unspecified atom stereocenters. The van der Waals surface area contributed by atoms with Crippen molar-refractivity contribution in [1.82, 2.24) is 10.2 Å². The van der Waals surface area contributed by atoms with Gasteiger partial charge in [-0.25, -0.2) is 9.18 Å². The Hall–Kier alpha value is -2.30. The van der Waals surface area contributed by atoms with E-state index in [-0.39, 0.29) is 17.9 Å². The zero-order chi connectivity index (χ0) is 15.9. The Morgan fingerprint density at radius 2 is 2.18 bits per heavy atom. The third-order valence-electron chi connectivity index (χ3n) is 3.43. The first-order valence-corrected chi connectivity index (χ1v) is 7.33. The maximum Gasteiger partial charge on any atom is 0.317 e. The van der Waals surface area contributed by atoms with E-state index in [0.717, 1.165) is 24.2 Å². The molecule has 2 aromatic rings. The lowest BCUT2D eigenvalue weighted by molar-refractivity contribution is 0.202. The van der Waals surface area contributed by atoms with Crippen LogP contribution in [0.5, 0.6) is 0 Å². The molecule has 5 heteroatoms. The molecule has 0 aliphatic heterocycles. The summed E-state index contributed by atoms with van der Waals surface area (Å²) in [5, 5.41) is 2.93. The Balaban J connectivity index is 1.77. The molecular weight excluding hydrogens is 283 g/mol. The molecule has 0 saturated heterocycles. The van der Waals surface area contributed by atoms with Gasteiger partial charge in [0.25, 0.3) is 0 Å². The van der Waals surface area contributed by atoms with Crippen LogP contribution in [0.3, 0.4) is 0 Å². The highest BCUT2D eigenvalue weighted by Crippen LogP contribution is 2.08. The van der Waals surface area contributed by atoms with E-state index in [1.807, 2.05) is 19.1 Å². The third kappa shape index (κ3) is 4.91. The number of urea groups is 1. The number of benzene rings is 1. The molecule has 1 heterocycles. The molecule has 4 nitrogen and oxygen atoms in total. The van der Waals surface area contributed by atoms with Crippen molar-refractivity contribution >= 4 is 6.03 Å². The van der Waals surface area contributed by atoms with Crippen molar-refractivity contribution in [3.63, 3.8) is 0 Å². The number of furan rings is 1. The van der Waals surface area contributed by atoms with Gasteiger partial charge in [0.1, 0.15) is 11.6 Å². The molecule has 22 heavy (non-hydrogen) atoms. The number of hydrogen-bond donors (Lipinski definition) is 1. The summed E-state index contributed by atoms with van der Waals surface area (Å²) in [6, 6.07) is 9.90. The average Bonchev–Trinajstić information content (AvgIpc) is 2.98. The fourth-order valence-corrected chi connectivity index (χ4v) is 2.19. The van der Waals surface area contributed by atoms with E-state index in [0.29, 0.717) is 6.54 Å². The molecule has 1 atom stereocenters. The molecule has 2 amide bonds. The Bertz CT molecular complexity index is 598. The van der Waals surface area contributed by atoms with E-state index in [1.54, 1.807) is 25.4 Å². The number of rotatable bonds is 6. The molecule has 0 aliphatic carbocycles. The molecule has 0 fully saturated rings. The molecule has 118 valence electrons. The minimum absolute atomic E-state index is 0.0348. The van der Waals surface area contributed by atoms with E-state index in [2.05, 4.69) is 5.32 Å². The first-order chi connectivity index (χ1) is 10.5. The van der Waals surface area contributed by atoms with Crippen LogP contribution in [-0.2, 0) is 13.0 Å². The Morgan fingerprint density at radius 1 is 1.36 bits per heavy atom. The predicted octanol–water partition coefficient (Wildman–Crippen LogP) is 3.58. The van der Waals surface area contributed by atoms with Gasteiger partial charge >= 0.3 is 6.03 Å². The maximum absolute atomic E-state index is 13.1. The van der Waals surface area contributed by atoms with Crippen LogP contribution < -0.4 is 5.32 Å². The summed E-state index contributed by atoms with van der Waals surface area (Å²) >= 11 is 0. The first-order valence-electron chi connectivity index (χ1n) is 7.33. The molecule has 0 bridgehead atoms. The van der Waals surface area contributed by atoms with Gasteiger partial charge in [-0.1, -0.05) is 12.1 Å². The molecule has 0 saturated carbocycles. The fourth-order valence-electron chi connectivity index (χ4n) is 2.19. The highest BCUT2D eigenvalue weighted by Gasteiger charge is 2.13. The van der Waals surface area contributed by atoms with Gasteiger partial charge in [-0.05, 0) is 43.2 Å². The Morgan fingerprint density at radius 3 is 2.86 bits per heavy atom. The van der Waals surface area contributed by atoms with Crippen LogP contribution in [0.1, 0.15) is 24.7 Å². The first kappa shape index (κ1) is 16.1. The van der Waals surface area contributed by atoms with Gasteiger partial charge in [0.2, 0.25) is 0 Å². The second-order valence-electron chi connectivity index (χ2n) is 5.45. The van der Waals surface area contributed by atoms with Gasteiger partial charge in [-0.15, -0.1) is 0 Å². The van der Waals surface area contributed by atoms with E-state index in [9.17, 15) is 9.18 Å². The highest BCUT2D eigenvalue weighted by atomic mass is 19.1. The smallest absolute Gasteiger partial charge is 0.317 e. The lowest BCUT2D eigenvalue weighted by Crippen LogP contribution is -2.41. The number of aryl methyl sites for hydroxylation is 1. The largest absolute Gasteiger partial charge is 0.469 e. The van der Waals surface area contributed by atoms with E-state index < -0.39 is 0 Å². The van der Waals surface area contributed by atoms with Gasteiger partial charge in [-0.2, -0.15) is 0 Å². The number of amides is 2. The number of hydrogen-bond acceptors (Lipinski definition) is 2. The summed E-state index contributed by atoms with van der Waals surface area (Å²) in [5.74, 6) is 0.618. The highest BCUT2D eigenvalue weighted by molar-refractivity contribution is 5.74.